The van der Waals surface area contributed by atoms with Crippen molar-refractivity contribution in [2.45, 2.75) is 13.8 Å². The molecule has 0 radical (unpaired) electrons. The summed E-state index contributed by atoms with van der Waals surface area (Å²) >= 11 is 0. The Morgan fingerprint density at radius 3 is 2.38 bits per heavy atom. The van der Waals surface area contributed by atoms with E-state index < -0.39 is 0 Å². The molecule has 2 aromatic heterocycles. The number of aromatic amines is 1. The largest absolute Gasteiger partial charge is 0.453 e. The zero-order chi connectivity index (χ0) is 16.7. The van der Waals surface area contributed by atoms with Crippen LogP contribution >= 0.6 is 0 Å². The van der Waals surface area contributed by atoms with Crippen molar-refractivity contribution < 1.29 is 4.42 Å². The minimum absolute atomic E-state index is 0.571. The van der Waals surface area contributed by atoms with Gasteiger partial charge < -0.3 is 9.40 Å². The molecule has 0 aliphatic rings. The lowest BCUT2D eigenvalue weighted by Gasteiger charge is -1.99. The molecule has 24 heavy (non-hydrogen) atoms. The molecule has 4 rings (SSSR count). The first kappa shape index (κ1) is 14.3. The number of hydrogen-bond acceptors (Lipinski definition) is 2. The maximum absolute atomic E-state index is 9.30. The number of fused-ring (bicyclic) bond motifs is 1. The lowest BCUT2D eigenvalue weighted by Crippen LogP contribution is -1.79. The fourth-order valence-corrected chi connectivity index (χ4v) is 2.96. The second-order valence-electron chi connectivity index (χ2n) is 6.10. The van der Waals surface area contributed by atoms with E-state index in [4.69, 9.17) is 4.42 Å². The van der Waals surface area contributed by atoms with E-state index in [-0.39, 0.29) is 0 Å². The highest BCUT2D eigenvalue weighted by molar-refractivity contribution is 5.87. The Balaban J connectivity index is 1.78. The van der Waals surface area contributed by atoms with Gasteiger partial charge in [-0.25, -0.2) is 0 Å². The Morgan fingerprint density at radius 1 is 0.875 bits per heavy atom. The Kier molecular flexibility index (Phi) is 3.25. The molecule has 0 atom stereocenters. The number of nitrogens with one attached hydrogen (secondary N) is 1. The van der Waals surface area contributed by atoms with Gasteiger partial charge in [-0.3, -0.25) is 0 Å². The van der Waals surface area contributed by atoms with Gasteiger partial charge in [-0.05, 0) is 55.3 Å². The monoisotopic (exact) mass is 312 g/mol. The first-order valence-corrected chi connectivity index (χ1v) is 7.85. The lowest BCUT2D eigenvalue weighted by molar-refractivity contribution is 0.628. The van der Waals surface area contributed by atoms with Crippen LogP contribution in [0.15, 0.2) is 59.0 Å². The molecule has 0 aliphatic heterocycles. The number of H-pyrrole nitrogens is 1. The average Bonchev–Trinajstić information content (AvgIpc) is 3.21. The van der Waals surface area contributed by atoms with E-state index in [0.29, 0.717) is 11.1 Å². The first-order chi connectivity index (χ1) is 11.6. The van der Waals surface area contributed by atoms with E-state index in [2.05, 4.69) is 42.2 Å². The van der Waals surface area contributed by atoms with Crippen molar-refractivity contribution in [1.29, 1.82) is 5.26 Å². The molecular weight excluding hydrogens is 296 g/mol. The zero-order valence-corrected chi connectivity index (χ0v) is 13.6. The van der Waals surface area contributed by atoms with Gasteiger partial charge in [-0.2, -0.15) is 5.26 Å². The summed E-state index contributed by atoms with van der Waals surface area (Å²) in [4.78, 5) is 3.40. The van der Waals surface area contributed by atoms with Crippen molar-refractivity contribution in [2.24, 2.45) is 0 Å². The SMILES string of the molecule is Cc1ccc(-c2ccc(-c3cc4cc(C)cc(C#N)c4o3)[nH]2)cc1. The highest BCUT2D eigenvalue weighted by Crippen LogP contribution is 2.31. The smallest absolute Gasteiger partial charge is 0.152 e. The lowest BCUT2D eigenvalue weighted by atomic mass is 10.1. The fraction of sp³-hybridized carbons (Fsp3) is 0.0952. The molecule has 0 bridgehead atoms. The van der Waals surface area contributed by atoms with Gasteiger partial charge in [-0.15, -0.1) is 0 Å². The van der Waals surface area contributed by atoms with Gasteiger partial charge in [0.2, 0.25) is 0 Å². The third kappa shape index (κ3) is 2.39. The fourth-order valence-electron chi connectivity index (χ4n) is 2.96. The third-order valence-electron chi connectivity index (χ3n) is 4.20. The Bertz CT molecular complexity index is 1080. The van der Waals surface area contributed by atoms with Crippen LogP contribution in [0.25, 0.3) is 33.7 Å². The molecule has 3 heteroatoms. The number of nitrogens with zero attached hydrogens (tertiary/aromatic N) is 1. The number of furan rings is 1. The van der Waals surface area contributed by atoms with Crippen molar-refractivity contribution in [3.8, 4) is 28.8 Å². The molecule has 116 valence electrons. The molecule has 0 amide bonds. The van der Waals surface area contributed by atoms with Crippen molar-refractivity contribution in [1.82, 2.24) is 4.98 Å². The van der Waals surface area contributed by atoms with Gasteiger partial charge >= 0.3 is 0 Å². The number of aromatic nitrogens is 1. The molecule has 2 aromatic carbocycles. The number of aryl methyl sites for hydroxylation is 2. The summed E-state index contributed by atoms with van der Waals surface area (Å²) in [5.74, 6) is 0.741. The predicted molar refractivity (Wildman–Crippen MR) is 95.6 cm³/mol. The van der Waals surface area contributed by atoms with E-state index in [1.165, 1.54) is 5.56 Å². The van der Waals surface area contributed by atoms with Gasteiger partial charge in [-0.1, -0.05) is 29.8 Å². The standard InChI is InChI=1S/C21H16N2O/c1-13-3-5-15(6-4-13)18-7-8-19(23-18)20-11-16-9-14(2)10-17(12-22)21(16)24-20/h3-11,23H,1-2H3. The molecule has 2 heterocycles. The van der Waals surface area contributed by atoms with E-state index in [0.717, 1.165) is 33.7 Å². The summed E-state index contributed by atoms with van der Waals surface area (Å²) in [6, 6.07) is 20.5. The quantitative estimate of drug-likeness (QED) is 0.525. The van der Waals surface area contributed by atoms with Gasteiger partial charge in [0.1, 0.15) is 6.07 Å². The van der Waals surface area contributed by atoms with E-state index in [1.807, 2.05) is 37.3 Å². The van der Waals surface area contributed by atoms with Gasteiger partial charge in [0.25, 0.3) is 0 Å². The van der Waals surface area contributed by atoms with Crippen LogP contribution in [0.5, 0.6) is 0 Å². The number of benzene rings is 2. The highest BCUT2D eigenvalue weighted by atomic mass is 16.3. The van der Waals surface area contributed by atoms with Crippen LogP contribution in [0.1, 0.15) is 16.7 Å². The summed E-state index contributed by atoms with van der Waals surface area (Å²) in [5, 5.41) is 10.2. The molecule has 0 saturated heterocycles. The summed E-state index contributed by atoms with van der Waals surface area (Å²) in [5.41, 5.74) is 6.59. The van der Waals surface area contributed by atoms with Gasteiger partial charge in [0.05, 0.1) is 11.3 Å². The van der Waals surface area contributed by atoms with E-state index in [1.54, 1.807) is 0 Å². The molecule has 0 fully saturated rings. The van der Waals surface area contributed by atoms with Crippen LogP contribution in [-0.2, 0) is 0 Å². The van der Waals surface area contributed by atoms with Crippen LogP contribution in [0.4, 0.5) is 0 Å². The Morgan fingerprint density at radius 2 is 1.62 bits per heavy atom. The topological polar surface area (TPSA) is 52.7 Å². The predicted octanol–water partition coefficient (Wildman–Crippen LogP) is 5.58. The maximum Gasteiger partial charge on any atom is 0.152 e. The molecular formula is C21H16N2O. The van der Waals surface area contributed by atoms with Crippen molar-refractivity contribution in [3.05, 3.63) is 71.3 Å². The summed E-state index contributed by atoms with van der Waals surface area (Å²) in [6.45, 7) is 4.06. The first-order valence-electron chi connectivity index (χ1n) is 7.85. The summed E-state index contributed by atoms with van der Waals surface area (Å²) < 4.78 is 5.95. The van der Waals surface area contributed by atoms with E-state index >= 15 is 0 Å². The molecule has 0 aliphatic carbocycles. The summed E-state index contributed by atoms with van der Waals surface area (Å²) in [6.07, 6.45) is 0. The maximum atomic E-state index is 9.30. The van der Waals surface area contributed by atoms with Crippen molar-refractivity contribution in [3.63, 3.8) is 0 Å². The number of rotatable bonds is 2. The van der Waals surface area contributed by atoms with Crippen LogP contribution in [-0.4, -0.2) is 4.98 Å². The van der Waals surface area contributed by atoms with Gasteiger partial charge in [0, 0.05) is 11.1 Å². The van der Waals surface area contributed by atoms with Crippen LogP contribution in [0.3, 0.4) is 0 Å². The van der Waals surface area contributed by atoms with Crippen LogP contribution in [0, 0.1) is 25.2 Å². The highest BCUT2D eigenvalue weighted by Gasteiger charge is 2.12. The normalized spacial score (nSPS) is 10.9. The number of hydrogen-bond donors (Lipinski definition) is 1. The molecule has 0 saturated carbocycles. The molecule has 1 N–H and O–H groups in total. The van der Waals surface area contributed by atoms with E-state index in [9.17, 15) is 5.26 Å². The molecule has 4 aromatic rings. The summed E-state index contributed by atoms with van der Waals surface area (Å²) in [7, 11) is 0. The second kappa shape index (κ2) is 5.43. The van der Waals surface area contributed by atoms with Crippen molar-refractivity contribution in [2.75, 3.05) is 0 Å². The zero-order valence-electron chi connectivity index (χ0n) is 13.6. The molecule has 0 spiro atoms. The Labute approximate surface area is 140 Å². The van der Waals surface area contributed by atoms with Crippen LogP contribution in [0.2, 0.25) is 0 Å². The minimum Gasteiger partial charge on any atom is -0.453 e. The average molecular weight is 312 g/mol. The molecule has 0 unspecified atom stereocenters. The molecule has 3 nitrogen and oxygen atoms in total. The second-order valence-corrected chi connectivity index (χ2v) is 6.10. The van der Waals surface area contributed by atoms with Crippen LogP contribution < -0.4 is 0 Å². The third-order valence-corrected chi connectivity index (χ3v) is 4.20. The van der Waals surface area contributed by atoms with Gasteiger partial charge in [0.15, 0.2) is 11.3 Å². The Hall–Kier alpha value is -3.25. The number of nitriles is 1. The van der Waals surface area contributed by atoms with Crippen molar-refractivity contribution >= 4 is 11.0 Å². The minimum atomic E-state index is 0.571.